The fourth-order valence-corrected chi connectivity index (χ4v) is 1.75. The molecule has 1 aromatic carbocycles. The Hall–Kier alpha value is -2.54. The van der Waals surface area contributed by atoms with Crippen molar-refractivity contribution >= 4 is 5.69 Å². The Labute approximate surface area is 112 Å². The number of halogens is 1. The predicted octanol–water partition coefficient (Wildman–Crippen LogP) is 1.63. The minimum Gasteiger partial charge on any atom is -0.387 e. The highest BCUT2D eigenvalue weighted by molar-refractivity contribution is 5.25. The fourth-order valence-electron chi connectivity index (χ4n) is 1.75. The van der Waals surface area contributed by atoms with E-state index in [0.29, 0.717) is 5.56 Å². The van der Waals surface area contributed by atoms with Gasteiger partial charge in [0.2, 0.25) is 0 Å². The van der Waals surface area contributed by atoms with E-state index in [1.165, 1.54) is 24.3 Å². The molecule has 1 N–H and O–H groups in total. The number of aliphatic hydroxyl groups is 1. The summed E-state index contributed by atoms with van der Waals surface area (Å²) < 4.78 is 13.8. The third kappa shape index (κ3) is 3.07. The molecule has 1 unspecified atom stereocenters. The van der Waals surface area contributed by atoms with Crippen LogP contribution in [-0.4, -0.2) is 14.6 Å². The van der Waals surface area contributed by atoms with Gasteiger partial charge in [0.15, 0.2) is 0 Å². The molecule has 6 nitrogen and oxygen atoms in total. The lowest BCUT2D eigenvalue weighted by molar-refractivity contribution is -0.385. The second kappa shape index (κ2) is 5.62. The van der Waals surface area contributed by atoms with Crippen LogP contribution in [0.3, 0.4) is 0 Å². The molecule has 7 heteroatoms. The lowest BCUT2D eigenvalue weighted by Crippen LogP contribution is -2.22. The Morgan fingerprint density at radius 3 is 2.50 bits per heavy atom. The Bertz CT molecular complexity index is 682. The molecule has 1 aromatic heterocycles. The van der Waals surface area contributed by atoms with Gasteiger partial charge < -0.3 is 9.67 Å². The van der Waals surface area contributed by atoms with Crippen LogP contribution in [0.2, 0.25) is 0 Å². The zero-order valence-electron chi connectivity index (χ0n) is 10.3. The van der Waals surface area contributed by atoms with E-state index < -0.39 is 22.4 Å². The largest absolute Gasteiger partial charge is 0.387 e. The SMILES string of the molecule is O=c1ccc([N+](=O)[O-])cn1CC(O)c1ccc(F)cc1. The molecule has 0 bridgehead atoms. The first-order valence-corrected chi connectivity index (χ1v) is 5.76. The molecule has 0 aliphatic rings. The average Bonchev–Trinajstić information content (AvgIpc) is 2.41. The molecule has 0 saturated carbocycles. The van der Waals surface area contributed by atoms with E-state index in [1.807, 2.05) is 0 Å². The topological polar surface area (TPSA) is 85.4 Å². The molecule has 0 saturated heterocycles. The van der Waals surface area contributed by atoms with Gasteiger partial charge in [0.25, 0.3) is 11.2 Å². The monoisotopic (exact) mass is 278 g/mol. The van der Waals surface area contributed by atoms with Gasteiger partial charge in [-0.3, -0.25) is 14.9 Å². The lowest BCUT2D eigenvalue weighted by Gasteiger charge is -2.12. The maximum atomic E-state index is 12.8. The predicted molar refractivity (Wildman–Crippen MR) is 68.7 cm³/mol. The van der Waals surface area contributed by atoms with E-state index in [1.54, 1.807) is 0 Å². The molecule has 1 heterocycles. The van der Waals surface area contributed by atoms with Crippen LogP contribution >= 0.6 is 0 Å². The fraction of sp³-hybridized carbons (Fsp3) is 0.154. The Kier molecular flexibility index (Phi) is 3.90. The maximum absolute atomic E-state index is 12.8. The average molecular weight is 278 g/mol. The first-order valence-electron chi connectivity index (χ1n) is 5.76. The minimum atomic E-state index is -1.06. The van der Waals surface area contributed by atoms with Gasteiger partial charge in [0.1, 0.15) is 5.82 Å². The summed E-state index contributed by atoms with van der Waals surface area (Å²) in [6.45, 7) is -0.147. The summed E-state index contributed by atoms with van der Waals surface area (Å²) in [6.07, 6.45) is 0.00466. The number of rotatable bonds is 4. The summed E-state index contributed by atoms with van der Waals surface area (Å²) >= 11 is 0. The number of hydrogen-bond donors (Lipinski definition) is 1. The molecule has 1 atom stereocenters. The van der Waals surface area contributed by atoms with Crippen LogP contribution in [-0.2, 0) is 6.54 Å². The summed E-state index contributed by atoms with van der Waals surface area (Å²) in [5.74, 6) is -0.437. The van der Waals surface area contributed by atoms with Crippen molar-refractivity contribution in [2.45, 2.75) is 12.6 Å². The number of aromatic nitrogens is 1. The van der Waals surface area contributed by atoms with Crippen molar-refractivity contribution in [2.24, 2.45) is 0 Å². The highest BCUT2D eigenvalue weighted by Crippen LogP contribution is 2.16. The van der Waals surface area contributed by atoms with E-state index in [4.69, 9.17) is 0 Å². The molecule has 0 aliphatic carbocycles. The summed E-state index contributed by atoms with van der Waals surface area (Å²) in [5.41, 5.74) is -0.280. The van der Waals surface area contributed by atoms with Crippen LogP contribution in [0.4, 0.5) is 10.1 Å². The Morgan fingerprint density at radius 2 is 1.90 bits per heavy atom. The second-order valence-corrected chi connectivity index (χ2v) is 4.20. The summed E-state index contributed by atoms with van der Waals surface area (Å²) in [4.78, 5) is 21.6. The third-order valence-electron chi connectivity index (χ3n) is 2.80. The van der Waals surface area contributed by atoms with Crippen molar-refractivity contribution in [1.82, 2.24) is 4.57 Å². The number of hydrogen-bond acceptors (Lipinski definition) is 4. The number of nitrogens with zero attached hydrogens (tertiary/aromatic N) is 2. The van der Waals surface area contributed by atoms with E-state index in [0.717, 1.165) is 22.9 Å². The van der Waals surface area contributed by atoms with Crippen LogP contribution in [0.5, 0.6) is 0 Å². The molecule has 0 aliphatic heterocycles. The minimum absolute atomic E-state index is 0.147. The van der Waals surface area contributed by atoms with Crippen molar-refractivity contribution in [3.8, 4) is 0 Å². The van der Waals surface area contributed by atoms with Crippen molar-refractivity contribution in [3.63, 3.8) is 0 Å². The van der Waals surface area contributed by atoms with Gasteiger partial charge in [-0.2, -0.15) is 0 Å². The van der Waals surface area contributed by atoms with E-state index in [9.17, 15) is 24.4 Å². The number of nitro groups is 1. The molecule has 0 radical (unpaired) electrons. The maximum Gasteiger partial charge on any atom is 0.285 e. The summed E-state index contributed by atoms with van der Waals surface area (Å²) in [7, 11) is 0. The van der Waals surface area contributed by atoms with Crippen LogP contribution in [0.25, 0.3) is 0 Å². The van der Waals surface area contributed by atoms with Crippen molar-refractivity contribution in [2.75, 3.05) is 0 Å². The van der Waals surface area contributed by atoms with Gasteiger partial charge >= 0.3 is 0 Å². The molecular formula is C13H11FN2O4. The van der Waals surface area contributed by atoms with Gasteiger partial charge in [-0.25, -0.2) is 4.39 Å². The highest BCUT2D eigenvalue weighted by Gasteiger charge is 2.12. The van der Waals surface area contributed by atoms with E-state index >= 15 is 0 Å². The molecule has 0 spiro atoms. The van der Waals surface area contributed by atoms with Gasteiger partial charge in [0.05, 0.1) is 23.8 Å². The quantitative estimate of drug-likeness (QED) is 0.680. The number of aliphatic hydroxyl groups excluding tert-OH is 1. The van der Waals surface area contributed by atoms with Crippen LogP contribution < -0.4 is 5.56 Å². The molecule has 2 aromatic rings. The van der Waals surface area contributed by atoms with E-state index in [2.05, 4.69) is 0 Å². The molecule has 2 rings (SSSR count). The van der Waals surface area contributed by atoms with Crippen molar-refractivity contribution in [1.29, 1.82) is 0 Å². The van der Waals surface area contributed by atoms with Crippen molar-refractivity contribution in [3.05, 3.63) is 74.4 Å². The molecule has 0 amide bonds. The van der Waals surface area contributed by atoms with Gasteiger partial charge in [-0.15, -0.1) is 0 Å². The van der Waals surface area contributed by atoms with Crippen LogP contribution in [0.15, 0.2) is 47.4 Å². The standard InChI is InChI=1S/C13H11FN2O4/c14-10-3-1-9(2-4-10)12(17)8-15-7-11(16(19)20)5-6-13(15)18/h1-7,12,17H,8H2. The highest BCUT2D eigenvalue weighted by atomic mass is 19.1. The van der Waals surface area contributed by atoms with Crippen molar-refractivity contribution < 1.29 is 14.4 Å². The number of pyridine rings is 1. The van der Waals surface area contributed by atoms with E-state index in [-0.39, 0.29) is 12.2 Å². The first-order chi connectivity index (χ1) is 9.47. The first kappa shape index (κ1) is 13.9. The van der Waals surface area contributed by atoms with Crippen LogP contribution in [0.1, 0.15) is 11.7 Å². The lowest BCUT2D eigenvalue weighted by atomic mass is 10.1. The molecule has 0 fully saturated rings. The zero-order valence-corrected chi connectivity index (χ0v) is 10.3. The van der Waals surface area contributed by atoms with Gasteiger partial charge in [-0.05, 0) is 17.7 Å². The number of benzene rings is 1. The molecular weight excluding hydrogens is 267 g/mol. The second-order valence-electron chi connectivity index (χ2n) is 4.20. The molecule has 20 heavy (non-hydrogen) atoms. The van der Waals surface area contributed by atoms with Crippen LogP contribution in [0, 0.1) is 15.9 Å². The Balaban J connectivity index is 2.25. The summed E-state index contributed by atoms with van der Waals surface area (Å²) in [5, 5.41) is 20.6. The van der Waals surface area contributed by atoms with Gasteiger partial charge in [-0.1, -0.05) is 12.1 Å². The Morgan fingerprint density at radius 1 is 1.25 bits per heavy atom. The third-order valence-corrected chi connectivity index (χ3v) is 2.80. The smallest absolute Gasteiger partial charge is 0.285 e. The summed E-state index contributed by atoms with van der Waals surface area (Å²) in [6, 6.07) is 7.33. The van der Waals surface area contributed by atoms with Gasteiger partial charge in [0, 0.05) is 12.1 Å². The molecule has 104 valence electrons. The normalized spacial score (nSPS) is 12.1. The zero-order chi connectivity index (χ0) is 14.7.